The maximum atomic E-state index is 4.43. The molecule has 1 N–H and O–H groups in total. The number of pyridine rings is 2. The molecule has 1 atom stereocenters. The number of fused-ring (bicyclic) bond motifs is 1. The first kappa shape index (κ1) is 13.7. The Hall–Kier alpha value is -1.68. The van der Waals surface area contributed by atoms with Crippen molar-refractivity contribution < 1.29 is 0 Å². The minimum Gasteiger partial charge on any atom is -0.380 e. The van der Waals surface area contributed by atoms with Crippen molar-refractivity contribution in [3.05, 3.63) is 30.7 Å². The van der Waals surface area contributed by atoms with Crippen molar-refractivity contribution in [2.45, 2.75) is 25.8 Å². The van der Waals surface area contributed by atoms with E-state index >= 15 is 0 Å². The van der Waals surface area contributed by atoms with Crippen LogP contribution in [0, 0.1) is 0 Å². The average molecular weight is 258 g/mol. The third-order valence-electron chi connectivity index (χ3n) is 3.16. The van der Waals surface area contributed by atoms with E-state index in [0.717, 1.165) is 29.6 Å². The Bertz CT molecular complexity index is 519. The number of nitrogens with one attached hydrogen (secondary N) is 1. The van der Waals surface area contributed by atoms with E-state index in [1.54, 1.807) is 0 Å². The van der Waals surface area contributed by atoms with Crippen LogP contribution >= 0.6 is 0 Å². The standard InChI is InChI=1S/C15H22N4/c1-12(6-5-9-19(2)3)18-14-11-16-10-13-7-4-8-17-15(13)14/h4,7-8,10-12,18H,5-6,9H2,1-3H3. The predicted molar refractivity (Wildman–Crippen MR) is 80.4 cm³/mol. The molecule has 19 heavy (non-hydrogen) atoms. The molecule has 0 radical (unpaired) electrons. The Labute approximate surface area is 114 Å². The van der Waals surface area contributed by atoms with Crippen LogP contribution in [-0.2, 0) is 0 Å². The van der Waals surface area contributed by atoms with Gasteiger partial charge in [0, 0.05) is 23.8 Å². The first-order valence-corrected chi connectivity index (χ1v) is 6.77. The third-order valence-corrected chi connectivity index (χ3v) is 3.16. The van der Waals surface area contributed by atoms with Gasteiger partial charge in [-0.1, -0.05) is 0 Å². The van der Waals surface area contributed by atoms with Crippen molar-refractivity contribution in [1.29, 1.82) is 0 Å². The zero-order chi connectivity index (χ0) is 13.7. The lowest BCUT2D eigenvalue weighted by Gasteiger charge is -2.17. The molecule has 2 aromatic heterocycles. The number of nitrogens with zero attached hydrogens (tertiary/aromatic N) is 3. The van der Waals surface area contributed by atoms with Crippen LogP contribution in [0.4, 0.5) is 5.69 Å². The van der Waals surface area contributed by atoms with Gasteiger partial charge in [-0.3, -0.25) is 9.97 Å². The first-order chi connectivity index (χ1) is 9.16. The van der Waals surface area contributed by atoms with Gasteiger partial charge in [-0.15, -0.1) is 0 Å². The van der Waals surface area contributed by atoms with E-state index in [9.17, 15) is 0 Å². The Morgan fingerprint density at radius 1 is 1.32 bits per heavy atom. The number of aromatic nitrogens is 2. The van der Waals surface area contributed by atoms with Crippen LogP contribution in [0.2, 0.25) is 0 Å². The minimum absolute atomic E-state index is 0.425. The van der Waals surface area contributed by atoms with Gasteiger partial charge in [0.2, 0.25) is 0 Å². The molecule has 0 spiro atoms. The molecule has 0 bridgehead atoms. The Balaban J connectivity index is 2.00. The second-order valence-corrected chi connectivity index (χ2v) is 5.25. The molecule has 4 nitrogen and oxygen atoms in total. The van der Waals surface area contributed by atoms with Crippen LogP contribution in [0.1, 0.15) is 19.8 Å². The highest BCUT2D eigenvalue weighted by molar-refractivity contribution is 5.88. The van der Waals surface area contributed by atoms with E-state index < -0.39 is 0 Å². The van der Waals surface area contributed by atoms with Gasteiger partial charge >= 0.3 is 0 Å². The van der Waals surface area contributed by atoms with E-state index in [1.165, 1.54) is 6.42 Å². The van der Waals surface area contributed by atoms with Gasteiger partial charge in [0.05, 0.1) is 17.4 Å². The number of hydrogen-bond acceptors (Lipinski definition) is 4. The predicted octanol–water partition coefficient (Wildman–Crippen LogP) is 2.77. The molecule has 102 valence electrons. The van der Waals surface area contributed by atoms with Crippen molar-refractivity contribution >= 4 is 16.6 Å². The van der Waals surface area contributed by atoms with Crippen LogP contribution in [-0.4, -0.2) is 41.5 Å². The highest BCUT2D eigenvalue weighted by atomic mass is 15.0. The van der Waals surface area contributed by atoms with Gasteiger partial charge in [-0.25, -0.2) is 0 Å². The number of rotatable bonds is 6. The maximum absolute atomic E-state index is 4.43. The van der Waals surface area contributed by atoms with Crippen LogP contribution in [0.5, 0.6) is 0 Å². The Kier molecular flexibility index (Phi) is 4.68. The fraction of sp³-hybridized carbons (Fsp3) is 0.467. The summed E-state index contributed by atoms with van der Waals surface area (Å²) in [6, 6.07) is 4.40. The molecule has 0 fully saturated rings. The van der Waals surface area contributed by atoms with Gasteiger partial charge in [0.25, 0.3) is 0 Å². The van der Waals surface area contributed by atoms with Crippen LogP contribution in [0.3, 0.4) is 0 Å². The molecule has 0 aromatic carbocycles. The van der Waals surface area contributed by atoms with Crippen molar-refractivity contribution in [3.8, 4) is 0 Å². The molecule has 0 aliphatic carbocycles. The smallest absolute Gasteiger partial charge is 0.0964 e. The lowest BCUT2D eigenvalue weighted by molar-refractivity contribution is 0.390. The zero-order valence-corrected chi connectivity index (χ0v) is 11.9. The van der Waals surface area contributed by atoms with E-state index in [1.807, 2.05) is 30.7 Å². The summed E-state index contributed by atoms with van der Waals surface area (Å²) >= 11 is 0. The summed E-state index contributed by atoms with van der Waals surface area (Å²) in [6.45, 7) is 3.33. The fourth-order valence-electron chi connectivity index (χ4n) is 2.16. The largest absolute Gasteiger partial charge is 0.380 e. The Morgan fingerprint density at radius 2 is 2.16 bits per heavy atom. The van der Waals surface area contributed by atoms with Crippen molar-refractivity contribution in [3.63, 3.8) is 0 Å². The molecule has 2 aromatic rings. The number of hydrogen-bond donors (Lipinski definition) is 1. The van der Waals surface area contributed by atoms with Gasteiger partial charge in [0.1, 0.15) is 0 Å². The van der Waals surface area contributed by atoms with E-state index in [4.69, 9.17) is 0 Å². The second kappa shape index (κ2) is 6.48. The average Bonchev–Trinajstić information content (AvgIpc) is 2.39. The summed E-state index contributed by atoms with van der Waals surface area (Å²) < 4.78 is 0. The van der Waals surface area contributed by atoms with Gasteiger partial charge < -0.3 is 10.2 Å². The topological polar surface area (TPSA) is 41.0 Å². The van der Waals surface area contributed by atoms with E-state index in [-0.39, 0.29) is 0 Å². The molecular weight excluding hydrogens is 236 g/mol. The van der Waals surface area contributed by atoms with Crippen LogP contribution < -0.4 is 5.32 Å². The quantitative estimate of drug-likeness (QED) is 0.865. The molecule has 2 heterocycles. The molecule has 0 aliphatic heterocycles. The highest BCUT2D eigenvalue weighted by Gasteiger charge is 2.06. The van der Waals surface area contributed by atoms with E-state index in [2.05, 4.69) is 41.2 Å². The van der Waals surface area contributed by atoms with E-state index in [0.29, 0.717) is 6.04 Å². The molecule has 2 rings (SSSR count). The lowest BCUT2D eigenvalue weighted by atomic mass is 10.1. The molecule has 0 saturated heterocycles. The molecule has 0 saturated carbocycles. The minimum atomic E-state index is 0.425. The molecule has 0 amide bonds. The lowest BCUT2D eigenvalue weighted by Crippen LogP contribution is -2.19. The van der Waals surface area contributed by atoms with Crippen molar-refractivity contribution in [2.24, 2.45) is 0 Å². The summed E-state index contributed by atoms with van der Waals surface area (Å²) in [5, 5.41) is 4.59. The third kappa shape index (κ3) is 3.89. The first-order valence-electron chi connectivity index (χ1n) is 6.77. The molecule has 0 aliphatic rings. The summed E-state index contributed by atoms with van der Waals surface area (Å²) in [6.07, 6.45) is 7.86. The molecule has 1 unspecified atom stereocenters. The summed E-state index contributed by atoms with van der Waals surface area (Å²) in [4.78, 5) is 10.9. The molecular formula is C15H22N4. The zero-order valence-electron chi connectivity index (χ0n) is 11.9. The van der Waals surface area contributed by atoms with Crippen molar-refractivity contribution in [2.75, 3.05) is 26.0 Å². The second-order valence-electron chi connectivity index (χ2n) is 5.25. The normalized spacial score (nSPS) is 12.8. The van der Waals surface area contributed by atoms with Gasteiger partial charge in [-0.2, -0.15) is 0 Å². The molecule has 4 heteroatoms. The van der Waals surface area contributed by atoms with Crippen molar-refractivity contribution in [1.82, 2.24) is 14.9 Å². The van der Waals surface area contributed by atoms with Crippen LogP contribution in [0.25, 0.3) is 10.9 Å². The summed E-state index contributed by atoms with van der Waals surface area (Å²) in [5.74, 6) is 0. The summed E-state index contributed by atoms with van der Waals surface area (Å²) in [7, 11) is 4.22. The van der Waals surface area contributed by atoms with Gasteiger partial charge in [0.15, 0.2) is 0 Å². The highest BCUT2D eigenvalue weighted by Crippen LogP contribution is 2.20. The summed E-state index contributed by atoms with van der Waals surface area (Å²) in [5.41, 5.74) is 2.02. The van der Waals surface area contributed by atoms with Gasteiger partial charge in [-0.05, 0) is 52.5 Å². The van der Waals surface area contributed by atoms with Crippen LogP contribution in [0.15, 0.2) is 30.7 Å². The fourth-order valence-corrected chi connectivity index (χ4v) is 2.16. The monoisotopic (exact) mass is 258 g/mol. The SMILES string of the molecule is CC(CCCN(C)C)Nc1cncc2cccnc12. The Morgan fingerprint density at radius 3 is 2.95 bits per heavy atom. The number of anilines is 1. The maximum Gasteiger partial charge on any atom is 0.0964 e.